The molecule has 0 amide bonds. The molecule has 0 saturated heterocycles. The standard InChI is InChI=1S/Ca.H3N2P.2H/c;1-2-3;;/h;3H,1H2;;/q+2;;2*-1. The fourth-order valence-corrected chi connectivity index (χ4v) is 0. The van der Waals surface area contributed by atoms with E-state index < -0.39 is 0 Å². The molecule has 0 bridgehead atoms. The molecule has 0 saturated carbocycles. The summed E-state index contributed by atoms with van der Waals surface area (Å²) in [6.45, 7) is 0. The van der Waals surface area contributed by atoms with Gasteiger partial charge in [0.1, 0.15) is 0 Å². The Balaban J connectivity index is -0.00000000667. The summed E-state index contributed by atoms with van der Waals surface area (Å²) in [4.78, 5) is 2.81. The molecule has 0 aromatic heterocycles. The van der Waals surface area contributed by atoms with Gasteiger partial charge in [-0.3, -0.25) is 0 Å². The first-order valence-electron chi connectivity index (χ1n) is 0.482. The van der Waals surface area contributed by atoms with Crippen molar-refractivity contribution >= 4 is 46.8 Å². The van der Waals surface area contributed by atoms with Crippen LogP contribution in [-0.4, -0.2) is 37.7 Å². The number of hydrogen-bond donors (Lipinski definition) is 1. The van der Waals surface area contributed by atoms with Gasteiger partial charge in [0.15, 0.2) is 0 Å². The van der Waals surface area contributed by atoms with Gasteiger partial charge in [-0.1, -0.05) is 0 Å². The van der Waals surface area contributed by atoms with E-state index in [0.717, 1.165) is 0 Å². The number of rotatable bonds is 0. The van der Waals surface area contributed by atoms with Crippen molar-refractivity contribution in [1.82, 2.24) is 0 Å². The van der Waals surface area contributed by atoms with E-state index in [1.165, 1.54) is 0 Å². The molecule has 0 unspecified atom stereocenters. The van der Waals surface area contributed by atoms with Crippen LogP contribution in [-0.2, 0) is 0 Å². The summed E-state index contributed by atoms with van der Waals surface area (Å²) in [5.41, 5.74) is 0. The van der Waals surface area contributed by atoms with Crippen LogP contribution in [0.5, 0.6) is 0 Å². The monoisotopic (exact) mass is 104 g/mol. The van der Waals surface area contributed by atoms with Gasteiger partial charge >= 0.3 is 37.7 Å². The maximum Gasteiger partial charge on any atom is 2.00 e. The topological polar surface area (TPSA) is 38.4 Å². The molecule has 4 heavy (non-hydrogen) atoms. The number of nitrogens with zero attached hydrogens (tertiary/aromatic N) is 1. The molecule has 0 aliphatic carbocycles. The predicted octanol–water partition coefficient (Wildman–Crippen LogP) is 0.0307. The Morgan fingerprint density at radius 2 is 2.00 bits per heavy atom. The SMILES string of the molecule is NN=P.[Ca+2].[H-].[H-]. The molecule has 2 N–H and O–H groups in total. The van der Waals surface area contributed by atoms with Crippen LogP contribution in [0.2, 0.25) is 0 Å². The maximum atomic E-state index is 4.39. The summed E-state index contributed by atoms with van der Waals surface area (Å²) in [5.74, 6) is 4.39. The molecule has 0 aromatic rings. The zero-order chi connectivity index (χ0) is 2.71. The van der Waals surface area contributed by atoms with E-state index >= 15 is 0 Å². The van der Waals surface area contributed by atoms with Crippen molar-refractivity contribution in [2.75, 3.05) is 0 Å². The van der Waals surface area contributed by atoms with Crippen LogP contribution in [0.1, 0.15) is 2.85 Å². The third-order valence-corrected chi connectivity index (χ3v) is 0. The molecular weight excluding hydrogens is 99.1 g/mol. The van der Waals surface area contributed by atoms with Gasteiger partial charge in [0, 0.05) is 9.03 Å². The second-order valence-electron chi connectivity index (χ2n) is 0.129. The molecule has 0 aromatic carbocycles. The van der Waals surface area contributed by atoms with Crippen molar-refractivity contribution < 1.29 is 2.85 Å². The van der Waals surface area contributed by atoms with Crippen molar-refractivity contribution in [3.8, 4) is 0 Å². The molecule has 0 heterocycles. The van der Waals surface area contributed by atoms with Gasteiger partial charge in [-0.15, -0.1) is 0 Å². The van der Waals surface area contributed by atoms with Gasteiger partial charge in [0.05, 0.1) is 0 Å². The zero-order valence-corrected chi connectivity index (χ0v) is 5.44. The van der Waals surface area contributed by atoms with Crippen LogP contribution >= 0.6 is 9.03 Å². The summed E-state index contributed by atoms with van der Waals surface area (Å²) in [7, 11) is 2.59. The van der Waals surface area contributed by atoms with E-state index in [0.29, 0.717) is 0 Å². The van der Waals surface area contributed by atoms with Crippen LogP contribution in [0.4, 0.5) is 0 Å². The van der Waals surface area contributed by atoms with Crippen LogP contribution in [0, 0.1) is 0 Å². The molecule has 0 aliphatic heterocycles. The Bertz CT molecular complexity index is 19.0. The number of nitrogens with two attached hydrogens (primary N) is 1. The molecule has 4 heteroatoms. The Morgan fingerprint density at radius 3 is 2.00 bits per heavy atom. The third-order valence-electron chi connectivity index (χ3n) is 0. The van der Waals surface area contributed by atoms with Gasteiger partial charge in [-0.2, -0.15) is 4.85 Å². The molecule has 0 atom stereocenters. The number of hydrogen-bond acceptors (Lipinski definition) is 1. The fourth-order valence-electron chi connectivity index (χ4n) is 0. The second kappa shape index (κ2) is 8.85. The Hall–Kier alpha value is 1.32. The second-order valence-corrected chi connectivity index (χ2v) is 0.387. The molecule has 0 spiro atoms. The van der Waals surface area contributed by atoms with Crippen molar-refractivity contribution in [1.29, 1.82) is 0 Å². The molecular formula is H5CaN2P. The van der Waals surface area contributed by atoms with Crippen LogP contribution < -0.4 is 5.84 Å². The first-order chi connectivity index (χ1) is 1.41. The van der Waals surface area contributed by atoms with Crippen LogP contribution in [0.15, 0.2) is 4.85 Å². The minimum atomic E-state index is 0. The average molecular weight is 104 g/mol. The van der Waals surface area contributed by atoms with Gasteiger partial charge < -0.3 is 2.85 Å². The van der Waals surface area contributed by atoms with Crippen molar-refractivity contribution in [3.63, 3.8) is 0 Å². The van der Waals surface area contributed by atoms with E-state index in [9.17, 15) is 0 Å². The molecule has 0 radical (unpaired) electrons. The first-order valence-corrected chi connectivity index (χ1v) is 0.929. The normalized spacial score (nSPS) is 3.25. The Labute approximate surface area is 60.0 Å². The minimum absolute atomic E-state index is 0. The van der Waals surface area contributed by atoms with Crippen molar-refractivity contribution in [2.24, 2.45) is 10.7 Å². The van der Waals surface area contributed by atoms with Crippen molar-refractivity contribution in [3.05, 3.63) is 0 Å². The van der Waals surface area contributed by atoms with Crippen LogP contribution in [0.3, 0.4) is 0 Å². The third kappa shape index (κ3) is 10.3. The van der Waals surface area contributed by atoms with E-state index in [-0.39, 0.29) is 40.6 Å². The summed E-state index contributed by atoms with van der Waals surface area (Å²) in [6.07, 6.45) is 0. The van der Waals surface area contributed by atoms with E-state index in [2.05, 4.69) is 19.7 Å². The predicted molar refractivity (Wildman–Crippen MR) is 22.9 cm³/mol. The van der Waals surface area contributed by atoms with E-state index in [1.54, 1.807) is 0 Å². The average Bonchev–Trinajstić information content (AvgIpc) is 0.918. The van der Waals surface area contributed by atoms with Gasteiger partial charge in [0.25, 0.3) is 0 Å². The van der Waals surface area contributed by atoms with E-state index in [1.807, 2.05) is 0 Å². The maximum absolute atomic E-state index is 4.39. The smallest absolute Gasteiger partial charge is 1.00 e. The minimum Gasteiger partial charge on any atom is -1.00 e. The summed E-state index contributed by atoms with van der Waals surface area (Å²) in [5, 5.41) is 0. The summed E-state index contributed by atoms with van der Waals surface area (Å²) in [6, 6.07) is 0. The van der Waals surface area contributed by atoms with Crippen molar-refractivity contribution in [2.45, 2.75) is 0 Å². The zero-order valence-electron chi connectivity index (χ0n) is 4.23. The molecule has 22 valence electrons. The van der Waals surface area contributed by atoms with Crippen LogP contribution in [0.25, 0.3) is 0 Å². The summed E-state index contributed by atoms with van der Waals surface area (Å²) >= 11 is 0. The molecule has 0 rings (SSSR count). The fraction of sp³-hybridized carbons (Fsp3) is 0. The molecule has 0 fully saturated rings. The molecule has 0 aliphatic rings. The first kappa shape index (κ1) is 9.01. The Morgan fingerprint density at radius 1 is 2.00 bits per heavy atom. The van der Waals surface area contributed by atoms with Gasteiger partial charge in [-0.05, 0) is 0 Å². The van der Waals surface area contributed by atoms with Gasteiger partial charge in [-0.25, -0.2) is 5.84 Å². The molecule has 2 nitrogen and oxygen atoms in total. The van der Waals surface area contributed by atoms with E-state index in [4.69, 9.17) is 0 Å². The summed E-state index contributed by atoms with van der Waals surface area (Å²) < 4.78 is 0. The Kier molecular flexibility index (Phi) is 19.9. The van der Waals surface area contributed by atoms with Gasteiger partial charge in [0.2, 0.25) is 0 Å². The largest absolute Gasteiger partial charge is 2.00 e. The quantitative estimate of drug-likeness (QED) is 0.200.